The number of piperidine rings is 1. The van der Waals surface area contributed by atoms with Gasteiger partial charge in [-0.3, -0.25) is 9.78 Å². The van der Waals surface area contributed by atoms with E-state index < -0.39 is 0 Å². The number of nitrogens with one attached hydrogen (secondary N) is 1. The molecule has 2 aromatic rings. The smallest absolute Gasteiger partial charge is 0.253 e. The Labute approximate surface area is 153 Å². The second kappa shape index (κ2) is 7.97. The molecule has 0 saturated carbocycles. The first kappa shape index (κ1) is 17.2. The fourth-order valence-corrected chi connectivity index (χ4v) is 3.77. The van der Waals surface area contributed by atoms with E-state index in [0.717, 1.165) is 50.5 Å². The first-order valence-electron chi connectivity index (χ1n) is 9.33. The number of likely N-dealkylation sites (tertiary alicyclic amines) is 1. The zero-order valence-corrected chi connectivity index (χ0v) is 14.9. The van der Waals surface area contributed by atoms with Crippen molar-refractivity contribution in [3.63, 3.8) is 0 Å². The molecular formula is C19H25N5O2. The number of hydrogen-bond acceptors (Lipinski definition) is 5. The van der Waals surface area contributed by atoms with E-state index >= 15 is 0 Å². The van der Waals surface area contributed by atoms with Crippen LogP contribution in [0.2, 0.25) is 0 Å². The van der Waals surface area contributed by atoms with E-state index in [1.165, 1.54) is 0 Å². The van der Waals surface area contributed by atoms with Crippen molar-refractivity contribution in [2.75, 3.05) is 32.8 Å². The molecule has 0 bridgehead atoms. The van der Waals surface area contributed by atoms with Crippen LogP contribution in [0, 0.1) is 0 Å². The minimum Gasteiger partial charge on any atom is -0.366 e. The summed E-state index contributed by atoms with van der Waals surface area (Å²) in [5.41, 5.74) is 1.03. The van der Waals surface area contributed by atoms with Gasteiger partial charge in [-0.1, -0.05) is 6.07 Å². The van der Waals surface area contributed by atoms with Gasteiger partial charge in [-0.2, -0.15) is 0 Å². The summed E-state index contributed by atoms with van der Waals surface area (Å²) in [5.74, 6) is 1.59. The maximum absolute atomic E-state index is 12.6. The summed E-state index contributed by atoms with van der Waals surface area (Å²) in [4.78, 5) is 23.5. The molecule has 0 aromatic carbocycles. The van der Waals surface area contributed by atoms with Crippen molar-refractivity contribution in [1.29, 1.82) is 0 Å². The number of amides is 1. The van der Waals surface area contributed by atoms with Gasteiger partial charge in [-0.25, -0.2) is 4.98 Å². The van der Waals surface area contributed by atoms with Gasteiger partial charge in [-0.15, -0.1) is 0 Å². The Morgan fingerprint density at radius 1 is 1.23 bits per heavy atom. The first-order valence-corrected chi connectivity index (χ1v) is 9.33. The number of hydrogen-bond donors (Lipinski definition) is 1. The Bertz CT molecular complexity index is 719. The lowest BCUT2D eigenvalue weighted by Gasteiger charge is -2.35. The number of ether oxygens (including phenoxy) is 1. The lowest BCUT2D eigenvalue weighted by Crippen LogP contribution is -2.51. The van der Waals surface area contributed by atoms with Crippen LogP contribution in [0.1, 0.15) is 30.3 Å². The fourth-order valence-electron chi connectivity index (χ4n) is 3.77. The normalized spacial score (nSPS) is 21.7. The van der Waals surface area contributed by atoms with E-state index in [1.54, 1.807) is 0 Å². The van der Waals surface area contributed by atoms with Crippen LogP contribution < -0.4 is 5.32 Å². The van der Waals surface area contributed by atoms with Gasteiger partial charge in [0.1, 0.15) is 11.9 Å². The molecule has 4 rings (SSSR count). The number of pyridine rings is 1. The zero-order chi connectivity index (χ0) is 17.8. The Morgan fingerprint density at radius 3 is 2.85 bits per heavy atom. The first-order chi connectivity index (χ1) is 12.8. The van der Waals surface area contributed by atoms with Crippen molar-refractivity contribution < 1.29 is 9.53 Å². The van der Waals surface area contributed by atoms with E-state index in [2.05, 4.69) is 19.9 Å². The van der Waals surface area contributed by atoms with Gasteiger partial charge in [0.25, 0.3) is 5.91 Å². The van der Waals surface area contributed by atoms with Crippen LogP contribution in [0.25, 0.3) is 0 Å². The second-order valence-electron chi connectivity index (χ2n) is 6.90. The summed E-state index contributed by atoms with van der Waals surface area (Å²) in [7, 11) is 0. The highest BCUT2D eigenvalue weighted by Gasteiger charge is 2.31. The molecule has 7 nitrogen and oxygen atoms in total. The number of aromatic nitrogens is 3. The van der Waals surface area contributed by atoms with Gasteiger partial charge in [0.05, 0.1) is 18.8 Å². The molecule has 138 valence electrons. The van der Waals surface area contributed by atoms with Gasteiger partial charge < -0.3 is 19.5 Å². The third-order valence-electron chi connectivity index (χ3n) is 5.18. The molecule has 4 heterocycles. The molecule has 2 saturated heterocycles. The van der Waals surface area contributed by atoms with Crippen LogP contribution in [0.5, 0.6) is 0 Å². The fraction of sp³-hybridized carbons (Fsp3) is 0.526. The molecule has 2 aliphatic rings. The van der Waals surface area contributed by atoms with Crippen molar-refractivity contribution in [2.45, 2.75) is 31.4 Å². The minimum absolute atomic E-state index is 0.118. The molecule has 1 amide bonds. The van der Waals surface area contributed by atoms with E-state index in [0.29, 0.717) is 19.1 Å². The Balaban J connectivity index is 1.36. The largest absolute Gasteiger partial charge is 0.366 e. The van der Waals surface area contributed by atoms with Crippen molar-refractivity contribution >= 4 is 5.91 Å². The SMILES string of the molecule is O=C([C@H]1CNCCO1)N1CCC(c2nccn2Cc2ccccn2)CC1. The molecular weight excluding hydrogens is 330 g/mol. The summed E-state index contributed by atoms with van der Waals surface area (Å²) in [6.45, 7) is 4.31. The lowest BCUT2D eigenvalue weighted by molar-refractivity contribution is -0.146. The number of carbonyl (C=O) groups excluding carboxylic acids is 1. The van der Waals surface area contributed by atoms with Crippen LogP contribution in [0.3, 0.4) is 0 Å². The average Bonchev–Trinajstić information content (AvgIpc) is 3.17. The molecule has 2 aromatic heterocycles. The average molecular weight is 355 g/mol. The summed E-state index contributed by atoms with van der Waals surface area (Å²) in [6, 6.07) is 5.96. The van der Waals surface area contributed by atoms with Gasteiger partial charge in [0.2, 0.25) is 0 Å². The number of morpholine rings is 1. The summed E-state index contributed by atoms with van der Waals surface area (Å²) in [5, 5.41) is 3.22. The molecule has 0 unspecified atom stereocenters. The molecule has 2 aliphatic heterocycles. The van der Waals surface area contributed by atoms with Crippen LogP contribution in [-0.2, 0) is 16.1 Å². The zero-order valence-electron chi connectivity index (χ0n) is 14.9. The van der Waals surface area contributed by atoms with Crippen molar-refractivity contribution in [3.8, 4) is 0 Å². The van der Waals surface area contributed by atoms with E-state index in [1.807, 2.05) is 41.7 Å². The Hall–Kier alpha value is -2.25. The van der Waals surface area contributed by atoms with Crippen molar-refractivity contribution in [1.82, 2.24) is 24.8 Å². The van der Waals surface area contributed by atoms with E-state index in [4.69, 9.17) is 4.74 Å². The predicted octanol–water partition coefficient (Wildman–Crippen LogP) is 1.02. The molecule has 0 radical (unpaired) electrons. The highest BCUT2D eigenvalue weighted by Crippen LogP contribution is 2.27. The van der Waals surface area contributed by atoms with E-state index in [-0.39, 0.29) is 12.0 Å². The highest BCUT2D eigenvalue weighted by atomic mass is 16.5. The van der Waals surface area contributed by atoms with Crippen LogP contribution >= 0.6 is 0 Å². The van der Waals surface area contributed by atoms with Crippen molar-refractivity contribution in [3.05, 3.63) is 48.3 Å². The number of carbonyl (C=O) groups is 1. The minimum atomic E-state index is -0.327. The predicted molar refractivity (Wildman–Crippen MR) is 96.7 cm³/mol. The molecule has 1 N–H and O–H groups in total. The second-order valence-corrected chi connectivity index (χ2v) is 6.90. The maximum Gasteiger partial charge on any atom is 0.253 e. The van der Waals surface area contributed by atoms with Gasteiger partial charge in [-0.05, 0) is 25.0 Å². The highest BCUT2D eigenvalue weighted by molar-refractivity contribution is 5.81. The lowest BCUT2D eigenvalue weighted by atomic mass is 9.95. The maximum atomic E-state index is 12.6. The summed E-state index contributed by atoms with van der Waals surface area (Å²) >= 11 is 0. The van der Waals surface area contributed by atoms with Gasteiger partial charge in [0.15, 0.2) is 0 Å². The summed E-state index contributed by atoms with van der Waals surface area (Å²) in [6.07, 6.45) is 7.24. The van der Waals surface area contributed by atoms with Crippen molar-refractivity contribution in [2.24, 2.45) is 0 Å². The third-order valence-corrected chi connectivity index (χ3v) is 5.18. The summed E-state index contributed by atoms with van der Waals surface area (Å²) < 4.78 is 7.78. The van der Waals surface area contributed by atoms with Gasteiger partial charge >= 0.3 is 0 Å². The number of nitrogens with zero attached hydrogens (tertiary/aromatic N) is 4. The quantitative estimate of drug-likeness (QED) is 0.887. The Kier molecular flexibility index (Phi) is 5.26. The number of imidazole rings is 1. The van der Waals surface area contributed by atoms with Crippen LogP contribution in [0.4, 0.5) is 0 Å². The molecule has 2 fully saturated rings. The monoisotopic (exact) mass is 355 g/mol. The van der Waals surface area contributed by atoms with E-state index in [9.17, 15) is 4.79 Å². The van der Waals surface area contributed by atoms with Crippen LogP contribution in [-0.4, -0.2) is 64.2 Å². The van der Waals surface area contributed by atoms with Crippen LogP contribution in [0.15, 0.2) is 36.8 Å². The third kappa shape index (κ3) is 3.78. The molecule has 0 spiro atoms. The molecule has 26 heavy (non-hydrogen) atoms. The molecule has 0 aliphatic carbocycles. The van der Waals surface area contributed by atoms with Gasteiger partial charge in [0, 0.05) is 50.7 Å². The Morgan fingerprint density at radius 2 is 2.12 bits per heavy atom. The molecule has 1 atom stereocenters. The standard InChI is InChI=1S/C19H25N5O2/c25-19(17-13-20-8-12-26-17)23-9-4-15(5-10-23)18-22-7-11-24(18)14-16-3-1-2-6-21-16/h1-3,6-7,11,15,17,20H,4-5,8-10,12-14H2/t17-/m1/s1. The topological polar surface area (TPSA) is 72.3 Å². The number of rotatable bonds is 4. The molecule has 7 heteroatoms.